The molecule has 0 atom stereocenters. The molecule has 0 saturated carbocycles. The lowest BCUT2D eigenvalue weighted by atomic mass is 9.94. The van der Waals surface area contributed by atoms with Crippen LogP contribution < -0.4 is 4.90 Å². The van der Waals surface area contributed by atoms with Gasteiger partial charge < -0.3 is 9.32 Å². The Hall–Kier alpha value is -8.20. The third kappa shape index (κ3) is 6.12. The molecule has 0 aliphatic heterocycles. The number of para-hydroxylation sites is 1. The van der Waals surface area contributed by atoms with E-state index in [1.165, 1.54) is 60.1 Å². The number of nitrogens with zero attached hydrogens (tertiary/aromatic N) is 1. The number of benzene rings is 11. The van der Waals surface area contributed by atoms with Gasteiger partial charge in [-0.1, -0.05) is 194 Å². The van der Waals surface area contributed by atoms with E-state index >= 15 is 0 Å². The average molecular weight is 790 g/mol. The summed E-state index contributed by atoms with van der Waals surface area (Å²) >= 11 is 0. The fourth-order valence-electron chi connectivity index (χ4n) is 9.44. The van der Waals surface area contributed by atoms with E-state index in [-0.39, 0.29) is 0 Å². The van der Waals surface area contributed by atoms with Gasteiger partial charge in [0.05, 0.1) is 11.1 Å². The van der Waals surface area contributed by atoms with Crippen LogP contribution in [0.15, 0.2) is 241 Å². The van der Waals surface area contributed by atoms with Crippen molar-refractivity contribution in [3.63, 3.8) is 0 Å². The number of hydrogen-bond donors (Lipinski definition) is 0. The zero-order valence-corrected chi connectivity index (χ0v) is 33.9. The SMILES string of the molecule is c1ccc(-c2cc(N(c3ccc(-c4ccc(-c5cccc6ccccc56)cc4)cc3)c3ccc(-c4cccc5c4ccc4ccccc45)cc3)c3c(c2)oc2ccccc23)cc1. The van der Waals surface area contributed by atoms with Crippen LogP contribution in [-0.2, 0) is 0 Å². The molecule has 0 amide bonds. The quantitative estimate of drug-likeness (QED) is 0.150. The van der Waals surface area contributed by atoms with Crippen LogP contribution in [0.2, 0.25) is 0 Å². The first-order chi connectivity index (χ1) is 30.7. The average Bonchev–Trinajstić information content (AvgIpc) is 3.73. The Kier molecular flexibility index (Phi) is 8.53. The van der Waals surface area contributed by atoms with Gasteiger partial charge in [0.15, 0.2) is 0 Å². The van der Waals surface area contributed by atoms with Crippen molar-refractivity contribution in [2.24, 2.45) is 0 Å². The van der Waals surface area contributed by atoms with Crippen LogP contribution in [0.1, 0.15) is 0 Å². The fourth-order valence-corrected chi connectivity index (χ4v) is 9.44. The molecule has 11 aromatic carbocycles. The second-order valence-electron chi connectivity index (χ2n) is 16.1. The van der Waals surface area contributed by atoms with Crippen molar-refractivity contribution >= 4 is 71.3 Å². The zero-order chi connectivity index (χ0) is 41.0. The first-order valence-corrected chi connectivity index (χ1v) is 21.2. The summed E-state index contributed by atoms with van der Waals surface area (Å²) in [6, 6.07) is 85.4. The van der Waals surface area contributed by atoms with Gasteiger partial charge in [0.25, 0.3) is 0 Å². The Labute approximate surface area is 360 Å². The number of hydrogen-bond acceptors (Lipinski definition) is 2. The molecule has 1 aromatic heterocycles. The molecule has 0 aliphatic carbocycles. The van der Waals surface area contributed by atoms with Crippen LogP contribution >= 0.6 is 0 Å². The molecule has 62 heavy (non-hydrogen) atoms. The number of furan rings is 1. The largest absolute Gasteiger partial charge is 0.456 e. The topological polar surface area (TPSA) is 16.4 Å². The second-order valence-corrected chi connectivity index (χ2v) is 16.1. The Morgan fingerprint density at radius 2 is 0.774 bits per heavy atom. The maximum Gasteiger partial charge on any atom is 0.138 e. The van der Waals surface area contributed by atoms with E-state index in [4.69, 9.17) is 4.42 Å². The highest BCUT2D eigenvalue weighted by atomic mass is 16.3. The highest BCUT2D eigenvalue weighted by Gasteiger charge is 2.22. The van der Waals surface area contributed by atoms with Gasteiger partial charge in [-0.3, -0.25) is 0 Å². The minimum absolute atomic E-state index is 0.857. The summed E-state index contributed by atoms with van der Waals surface area (Å²) in [7, 11) is 0. The summed E-state index contributed by atoms with van der Waals surface area (Å²) in [5.41, 5.74) is 14.3. The first-order valence-electron chi connectivity index (χ1n) is 21.2. The van der Waals surface area contributed by atoms with Gasteiger partial charge in [0.2, 0.25) is 0 Å². The Balaban J connectivity index is 0.995. The summed E-state index contributed by atoms with van der Waals surface area (Å²) in [5, 5.41) is 9.72. The molecule has 2 heteroatoms. The minimum atomic E-state index is 0.857. The van der Waals surface area contributed by atoms with Crippen LogP contribution in [0.4, 0.5) is 17.1 Å². The summed E-state index contributed by atoms with van der Waals surface area (Å²) in [6.07, 6.45) is 0. The van der Waals surface area contributed by atoms with E-state index < -0.39 is 0 Å². The lowest BCUT2D eigenvalue weighted by Gasteiger charge is -2.27. The van der Waals surface area contributed by atoms with Crippen LogP contribution in [-0.4, -0.2) is 0 Å². The lowest BCUT2D eigenvalue weighted by molar-refractivity contribution is 0.669. The smallest absolute Gasteiger partial charge is 0.138 e. The predicted octanol–water partition coefficient (Wildman–Crippen LogP) is 17.2. The van der Waals surface area contributed by atoms with E-state index in [1.54, 1.807) is 0 Å². The normalized spacial score (nSPS) is 11.5. The molecule has 0 spiro atoms. The monoisotopic (exact) mass is 789 g/mol. The fraction of sp³-hybridized carbons (Fsp3) is 0. The molecule has 0 fully saturated rings. The Morgan fingerprint density at radius 1 is 0.274 bits per heavy atom. The third-order valence-electron chi connectivity index (χ3n) is 12.5. The maximum atomic E-state index is 6.64. The van der Waals surface area contributed by atoms with Crippen molar-refractivity contribution in [3.05, 3.63) is 237 Å². The molecule has 0 saturated heterocycles. The van der Waals surface area contributed by atoms with Gasteiger partial charge in [-0.25, -0.2) is 0 Å². The number of anilines is 3. The molecular weight excluding hydrogens is 751 g/mol. The summed E-state index contributed by atoms with van der Waals surface area (Å²) in [4.78, 5) is 2.39. The molecule has 0 unspecified atom stereocenters. The Bertz CT molecular complexity index is 3600. The van der Waals surface area contributed by atoms with Crippen molar-refractivity contribution in [1.82, 2.24) is 0 Å². The number of fused-ring (bicyclic) bond motifs is 7. The van der Waals surface area contributed by atoms with E-state index in [0.29, 0.717) is 0 Å². The molecule has 2 nitrogen and oxygen atoms in total. The van der Waals surface area contributed by atoms with Crippen LogP contribution in [0.3, 0.4) is 0 Å². The summed E-state index contributed by atoms with van der Waals surface area (Å²) < 4.78 is 6.64. The highest BCUT2D eigenvalue weighted by molar-refractivity contribution is 6.15. The molecule has 12 aromatic rings. The molecule has 0 radical (unpaired) electrons. The molecule has 0 bridgehead atoms. The summed E-state index contributed by atoms with van der Waals surface area (Å²) in [5.74, 6) is 0. The van der Waals surface area contributed by atoms with Crippen molar-refractivity contribution < 1.29 is 4.42 Å². The molecule has 1 heterocycles. The first kappa shape index (κ1) is 35.7. The van der Waals surface area contributed by atoms with Gasteiger partial charge in [-0.2, -0.15) is 0 Å². The Morgan fingerprint density at radius 3 is 1.50 bits per heavy atom. The van der Waals surface area contributed by atoms with E-state index in [9.17, 15) is 0 Å². The van der Waals surface area contributed by atoms with Crippen molar-refractivity contribution in [2.75, 3.05) is 4.90 Å². The summed E-state index contributed by atoms with van der Waals surface area (Å²) in [6.45, 7) is 0. The molecule has 0 N–H and O–H groups in total. The second kappa shape index (κ2) is 14.8. The molecule has 12 rings (SSSR count). The zero-order valence-electron chi connectivity index (χ0n) is 33.9. The van der Waals surface area contributed by atoms with Crippen LogP contribution in [0.5, 0.6) is 0 Å². The van der Waals surface area contributed by atoms with Crippen LogP contribution in [0, 0.1) is 0 Å². The van der Waals surface area contributed by atoms with Crippen molar-refractivity contribution in [2.45, 2.75) is 0 Å². The highest BCUT2D eigenvalue weighted by Crippen LogP contribution is 2.46. The van der Waals surface area contributed by atoms with Gasteiger partial charge in [-0.05, 0) is 119 Å². The minimum Gasteiger partial charge on any atom is -0.456 e. The van der Waals surface area contributed by atoms with Gasteiger partial charge >= 0.3 is 0 Å². The molecular formula is C60H39NO. The van der Waals surface area contributed by atoms with Crippen molar-refractivity contribution in [1.29, 1.82) is 0 Å². The molecule has 0 aliphatic rings. The predicted molar refractivity (Wildman–Crippen MR) is 263 cm³/mol. The number of rotatable bonds is 7. The maximum absolute atomic E-state index is 6.64. The van der Waals surface area contributed by atoms with E-state index in [1.807, 2.05) is 6.07 Å². The molecule has 290 valence electrons. The van der Waals surface area contributed by atoms with Crippen molar-refractivity contribution in [3.8, 4) is 44.5 Å². The van der Waals surface area contributed by atoms with Gasteiger partial charge in [0.1, 0.15) is 11.2 Å². The van der Waals surface area contributed by atoms with Gasteiger partial charge in [-0.15, -0.1) is 0 Å². The third-order valence-corrected chi connectivity index (χ3v) is 12.5. The standard InChI is InChI=1S/C60H39NO/c1-2-12-40(13-3-1)47-38-57(60-56-19-8-9-23-58(56)62-59(60)39-47)61(49-35-30-46(31-36-49)53-21-11-22-54-52-18-7-5-15-44(52)32-37-55(53)54)48-33-28-42(29-34-48)41-24-26-45(27-25-41)51-20-10-16-43-14-4-6-17-50(43)51/h1-39H. The van der Waals surface area contributed by atoms with E-state index in [0.717, 1.165) is 55.7 Å². The van der Waals surface area contributed by atoms with Crippen LogP contribution in [0.25, 0.3) is 98.8 Å². The lowest BCUT2D eigenvalue weighted by Crippen LogP contribution is -2.10. The van der Waals surface area contributed by atoms with E-state index in [2.05, 4.69) is 235 Å². The van der Waals surface area contributed by atoms with Gasteiger partial charge in [0, 0.05) is 16.8 Å².